The molecular formula is C33H31F3N6O4S2. The first-order chi connectivity index (χ1) is 22.6. The molecule has 5 rings (SSSR count). The summed E-state index contributed by atoms with van der Waals surface area (Å²) in [6.07, 6.45) is 2.31. The fourth-order valence-corrected chi connectivity index (χ4v) is 7.80. The van der Waals surface area contributed by atoms with Gasteiger partial charge in [0.2, 0.25) is 0 Å². The van der Waals surface area contributed by atoms with Crippen LogP contribution in [0, 0.1) is 34.5 Å². The SMILES string of the molecule is C=C(F)C(=O)N1CCN(c2c(S(C)(=O)=O)c(=S)n(-c3c(C)ccnc3C(C)C)c3nc(-c4c(O)cccc4F)c(F)cc23)C[C@@H]1CC#N. The average Bonchev–Trinajstić information content (AvgIpc) is 3.00. The van der Waals surface area contributed by atoms with E-state index >= 15 is 8.78 Å². The lowest BCUT2D eigenvalue weighted by molar-refractivity contribution is -0.131. The van der Waals surface area contributed by atoms with Crippen LogP contribution in [0.4, 0.5) is 18.9 Å². The fraction of sp³-hybridized carbons (Fsp3) is 0.303. The van der Waals surface area contributed by atoms with Gasteiger partial charge in [-0.2, -0.15) is 5.26 Å². The third kappa shape index (κ3) is 6.01. The van der Waals surface area contributed by atoms with E-state index in [-0.39, 0.29) is 58.2 Å². The van der Waals surface area contributed by atoms with E-state index in [1.54, 1.807) is 24.1 Å². The molecule has 0 aliphatic carbocycles. The van der Waals surface area contributed by atoms with Crippen molar-refractivity contribution in [3.05, 3.63) is 76.5 Å². The number of phenols is 1. The van der Waals surface area contributed by atoms with E-state index in [1.807, 2.05) is 19.9 Å². The van der Waals surface area contributed by atoms with E-state index in [1.165, 1.54) is 16.7 Å². The number of aromatic hydroxyl groups is 1. The zero-order valence-electron chi connectivity index (χ0n) is 26.5. The number of halogens is 3. The molecule has 250 valence electrons. The van der Waals surface area contributed by atoms with E-state index in [4.69, 9.17) is 12.2 Å². The molecule has 15 heteroatoms. The number of aromatic nitrogens is 3. The fourth-order valence-electron chi connectivity index (χ4n) is 6.07. The van der Waals surface area contributed by atoms with Gasteiger partial charge in [-0.1, -0.05) is 38.7 Å². The molecule has 3 aromatic heterocycles. The van der Waals surface area contributed by atoms with Crippen LogP contribution in [-0.4, -0.2) is 70.8 Å². The van der Waals surface area contributed by atoms with Crippen LogP contribution >= 0.6 is 12.2 Å². The number of carbonyl (C=O) groups is 1. The molecule has 0 spiro atoms. The molecule has 1 fully saturated rings. The lowest BCUT2D eigenvalue weighted by Crippen LogP contribution is -2.55. The van der Waals surface area contributed by atoms with Gasteiger partial charge in [0, 0.05) is 37.5 Å². The second-order valence-electron chi connectivity index (χ2n) is 11.8. The van der Waals surface area contributed by atoms with Gasteiger partial charge in [0.1, 0.15) is 32.4 Å². The second kappa shape index (κ2) is 13.0. The van der Waals surface area contributed by atoms with Crippen molar-refractivity contribution in [3.8, 4) is 28.8 Å². The number of anilines is 1. The first-order valence-electron chi connectivity index (χ1n) is 14.8. The number of sulfone groups is 1. The molecule has 4 heterocycles. The lowest BCUT2D eigenvalue weighted by atomic mass is 10.0. The Balaban J connectivity index is 1.95. The molecule has 1 amide bonds. The maximum Gasteiger partial charge on any atom is 0.282 e. The van der Waals surface area contributed by atoms with E-state index in [0.29, 0.717) is 16.9 Å². The van der Waals surface area contributed by atoms with Gasteiger partial charge < -0.3 is 14.9 Å². The second-order valence-corrected chi connectivity index (χ2v) is 14.1. The Morgan fingerprint density at radius 3 is 2.52 bits per heavy atom. The highest BCUT2D eigenvalue weighted by Crippen LogP contribution is 2.42. The number of nitriles is 1. The number of carbonyl (C=O) groups excluding carboxylic acids is 1. The first-order valence-corrected chi connectivity index (χ1v) is 17.1. The molecule has 1 aromatic carbocycles. The molecule has 0 radical (unpaired) electrons. The van der Waals surface area contributed by atoms with Crippen LogP contribution in [-0.2, 0) is 14.6 Å². The highest BCUT2D eigenvalue weighted by molar-refractivity contribution is 7.91. The number of hydrogen-bond donors (Lipinski definition) is 1. The molecule has 0 unspecified atom stereocenters. The van der Waals surface area contributed by atoms with Gasteiger partial charge in [-0.25, -0.2) is 26.6 Å². The number of aryl methyl sites for hydroxylation is 1. The number of fused-ring (bicyclic) bond motifs is 1. The lowest BCUT2D eigenvalue weighted by Gasteiger charge is -2.42. The van der Waals surface area contributed by atoms with Crippen LogP contribution in [0.3, 0.4) is 0 Å². The summed E-state index contributed by atoms with van der Waals surface area (Å²) >= 11 is 5.93. The molecule has 1 aliphatic rings. The Bertz CT molecular complexity index is 2200. The van der Waals surface area contributed by atoms with Crippen LogP contribution in [0.2, 0.25) is 0 Å². The van der Waals surface area contributed by atoms with Crippen LogP contribution < -0.4 is 4.90 Å². The number of amides is 1. The van der Waals surface area contributed by atoms with Crippen molar-refractivity contribution < 1.29 is 31.5 Å². The van der Waals surface area contributed by atoms with E-state index in [2.05, 4.69) is 16.5 Å². The number of nitrogens with zero attached hydrogens (tertiary/aromatic N) is 6. The highest BCUT2D eigenvalue weighted by atomic mass is 32.2. The summed E-state index contributed by atoms with van der Waals surface area (Å²) in [6.45, 7) is 8.25. The number of rotatable bonds is 7. The quantitative estimate of drug-likeness (QED) is 0.181. The summed E-state index contributed by atoms with van der Waals surface area (Å²) in [7, 11) is -4.20. The topological polar surface area (TPSA) is 132 Å². The molecule has 1 atom stereocenters. The summed E-state index contributed by atoms with van der Waals surface area (Å²) in [5.74, 6) is -5.02. The van der Waals surface area contributed by atoms with Crippen LogP contribution in [0.1, 0.15) is 37.4 Å². The molecule has 0 bridgehead atoms. The maximum atomic E-state index is 16.2. The van der Waals surface area contributed by atoms with Crippen LogP contribution in [0.25, 0.3) is 28.0 Å². The third-order valence-corrected chi connectivity index (χ3v) is 9.82. The highest BCUT2D eigenvalue weighted by Gasteiger charge is 2.36. The van der Waals surface area contributed by atoms with E-state index < -0.39 is 56.3 Å². The molecule has 4 aromatic rings. The predicted molar refractivity (Wildman–Crippen MR) is 177 cm³/mol. The van der Waals surface area contributed by atoms with Gasteiger partial charge in [0.15, 0.2) is 21.5 Å². The van der Waals surface area contributed by atoms with E-state index in [0.717, 1.165) is 23.3 Å². The molecule has 1 aliphatic heterocycles. The number of benzene rings is 1. The minimum absolute atomic E-state index is 0.0375. The van der Waals surface area contributed by atoms with Crippen LogP contribution in [0.5, 0.6) is 5.75 Å². The van der Waals surface area contributed by atoms with Crippen molar-refractivity contribution in [2.75, 3.05) is 30.8 Å². The molecule has 48 heavy (non-hydrogen) atoms. The van der Waals surface area contributed by atoms with Gasteiger partial charge in [-0.3, -0.25) is 14.3 Å². The molecule has 1 saturated heterocycles. The van der Waals surface area contributed by atoms with Gasteiger partial charge in [-0.05, 0) is 42.7 Å². The zero-order chi connectivity index (χ0) is 35.2. The van der Waals surface area contributed by atoms with Crippen molar-refractivity contribution in [2.24, 2.45) is 0 Å². The normalized spacial score (nSPS) is 15.2. The molecule has 10 nitrogen and oxygen atoms in total. The minimum Gasteiger partial charge on any atom is -0.507 e. The van der Waals surface area contributed by atoms with Crippen molar-refractivity contribution in [1.82, 2.24) is 19.4 Å². The number of hydrogen-bond acceptors (Lipinski definition) is 9. The smallest absolute Gasteiger partial charge is 0.282 e. The average molecular weight is 697 g/mol. The third-order valence-electron chi connectivity index (χ3n) is 8.18. The largest absolute Gasteiger partial charge is 0.507 e. The summed E-state index contributed by atoms with van der Waals surface area (Å²) in [4.78, 5) is 24.0. The summed E-state index contributed by atoms with van der Waals surface area (Å²) in [5, 5.41) is 20.1. The van der Waals surface area contributed by atoms with Crippen molar-refractivity contribution in [2.45, 2.75) is 44.0 Å². The minimum atomic E-state index is -4.20. The number of phenolic OH excluding ortho intramolecular Hbond substituents is 1. The summed E-state index contributed by atoms with van der Waals surface area (Å²) in [5.41, 5.74) is 0.370. The Morgan fingerprint density at radius 1 is 1.21 bits per heavy atom. The number of pyridine rings is 3. The Labute approximate surface area is 280 Å². The zero-order valence-corrected chi connectivity index (χ0v) is 28.1. The Kier molecular flexibility index (Phi) is 9.35. The van der Waals surface area contributed by atoms with Crippen molar-refractivity contribution >= 4 is 44.7 Å². The Hall–Kier alpha value is -4.81. The summed E-state index contributed by atoms with van der Waals surface area (Å²) in [6, 6.07) is 7.23. The molecule has 1 N–H and O–H groups in total. The van der Waals surface area contributed by atoms with Crippen LogP contribution in [0.15, 0.2) is 53.8 Å². The molecular weight excluding hydrogens is 666 g/mol. The first kappa shape index (κ1) is 34.5. The monoisotopic (exact) mass is 696 g/mol. The van der Waals surface area contributed by atoms with Crippen molar-refractivity contribution in [1.29, 1.82) is 5.26 Å². The van der Waals surface area contributed by atoms with Gasteiger partial charge >= 0.3 is 0 Å². The Morgan fingerprint density at radius 2 is 1.92 bits per heavy atom. The van der Waals surface area contributed by atoms with Crippen molar-refractivity contribution in [3.63, 3.8) is 0 Å². The standard InChI is InChI=1S/C33H31F3N6O4S2/c1-17(2)26-28(18(3)10-12-38-26)42-31-21(15-23(36)27(39-31)25-22(35)7-6-8-24(25)43)29(30(33(42)47)48(5,45)46)40-13-14-41(32(44)19(4)34)20(16-40)9-11-37/h6-8,10,12,15,17,20,43H,4,9,13-14,16H2,1-3,5H3/t20-/m0/s1. The predicted octanol–water partition coefficient (Wildman–Crippen LogP) is 6.05. The van der Waals surface area contributed by atoms with Gasteiger partial charge in [0.05, 0.1) is 41.2 Å². The summed E-state index contributed by atoms with van der Waals surface area (Å²) < 4.78 is 73.8. The maximum absolute atomic E-state index is 16.2. The number of piperazine rings is 1. The van der Waals surface area contributed by atoms with E-state index in [9.17, 15) is 28.0 Å². The van der Waals surface area contributed by atoms with Gasteiger partial charge in [-0.15, -0.1) is 0 Å². The molecule has 0 saturated carbocycles. The van der Waals surface area contributed by atoms with Gasteiger partial charge in [0.25, 0.3) is 5.91 Å².